The highest BCUT2D eigenvalue weighted by Crippen LogP contribution is 2.21. The largest absolute Gasteiger partial charge is 0.323 e. The highest BCUT2D eigenvalue weighted by molar-refractivity contribution is 7.89. The Labute approximate surface area is 189 Å². The zero-order chi connectivity index (χ0) is 23.1. The van der Waals surface area contributed by atoms with E-state index in [4.69, 9.17) is 0 Å². The van der Waals surface area contributed by atoms with Crippen LogP contribution in [-0.4, -0.2) is 44.7 Å². The molecule has 1 fully saturated rings. The van der Waals surface area contributed by atoms with Crippen molar-refractivity contribution in [3.63, 3.8) is 0 Å². The Balaban J connectivity index is 1.60. The van der Waals surface area contributed by atoms with Gasteiger partial charge in [0.05, 0.1) is 4.90 Å². The molecule has 8 heteroatoms. The molecule has 3 rings (SSSR count). The molecule has 1 N–H and O–H groups in total. The smallest absolute Gasteiger partial charge is 0.248 e. The standard InChI is InChI=1S/C24H29N3O4S/c1-19(28)26(2)22-12-10-21(11-13-22)25-24(29)16-9-20-7-14-23(15-8-20)32(30,31)27-17-5-3-4-6-18-27/h7-16H,3-6,17-18H2,1-2H3,(H,25,29)/b16-9+. The summed E-state index contributed by atoms with van der Waals surface area (Å²) in [6, 6.07) is 13.5. The van der Waals surface area contributed by atoms with Crippen LogP contribution in [0.1, 0.15) is 38.2 Å². The second-order valence-electron chi connectivity index (χ2n) is 7.83. The van der Waals surface area contributed by atoms with Crippen LogP contribution in [0.2, 0.25) is 0 Å². The first kappa shape index (κ1) is 23.7. The van der Waals surface area contributed by atoms with Gasteiger partial charge in [-0.15, -0.1) is 0 Å². The minimum atomic E-state index is -3.48. The van der Waals surface area contributed by atoms with Crippen molar-refractivity contribution < 1.29 is 18.0 Å². The molecule has 0 aliphatic carbocycles. The van der Waals surface area contributed by atoms with E-state index in [-0.39, 0.29) is 16.7 Å². The lowest BCUT2D eigenvalue weighted by Crippen LogP contribution is -2.31. The molecular formula is C24H29N3O4S. The number of rotatable bonds is 6. The van der Waals surface area contributed by atoms with Gasteiger partial charge in [0.25, 0.3) is 0 Å². The van der Waals surface area contributed by atoms with Gasteiger partial charge in [-0.2, -0.15) is 4.31 Å². The molecule has 1 aliphatic rings. The average Bonchev–Trinajstić information content (AvgIpc) is 3.08. The molecule has 1 saturated heterocycles. The molecule has 1 heterocycles. The fraction of sp³-hybridized carbons (Fsp3) is 0.333. The monoisotopic (exact) mass is 455 g/mol. The Bertz CT molecular complexity index is 1070. The molecule has 7 nitrogen and oxygen atoms in total. The minimum absolute atomic E-state index is 0.0741. The summed E-state index contributed by atoms with van der Waals surface area (Å²) in [5, 5.41) is 2.76. The van der Waals surface area contributed by atoms with Crippen LogP contribution in [0.25, 0.3) is 6.08 Å². The van der Waals surface area contributed by atoms with Gasteiger partial charge in [0.15, 0.2) is 0 Å². The van der Waals surface area contributed by atoms with E-state index in [1.54, 1.807) is 66.0 Å². The first-order chi connectivity index (χ1) is 15.3. The number of sulfonamides is 1. The lowest BCUT2D eigenvalue weighted by atomic mass is 10.2. The lowest BCUT2D eigenvalue weighted by Gasteiger charge is -2.19. The number of anilines is 2. The maximum atomic E-state index is 12.8. The highest BCUT2D eigenvalue weighted by atomic mass is 32.2. The Morgan fingerprint density at radius 3 is 2.09 bits per heavy atom. The third-order valence-corrected chi connectivity index (χ3v) is 7.42. The summed E-state index contributed by atoms with van der Waals surface area (Å²) in [6.07, 6.45) is 6.95. The summed E-state index contributed by atoms with van der Waals surface area (Å²) in [6.45, 7) is 2.61. The van der Waals surface area contributed by atoms with Crippen molar-refractivity contribution >= 4 is 39.3 Å². The van der Waals surface area contributed by atoms with Crippen molar-refractivity contribution in [3.05, 3.63) is 60.2 Å². The second-order valence-corrected chi connectivity index (χ2v) is 9.77. The van der Waals surface area contributed by atoms with Gasteiger partial charge >= 0.3 is 0 Å². The van der Waals surface area contributed by atoms with Crippen molar-refractivity contribution in [1.82, 2.24) is 4.31 Å². The van der Waals surface area contributed by atoms with Gasteiger partial charge in [-0.3, -0.25) is 9.59 Å². The quantitative estimate of drug-likeness (QED) is 0.670. The highest BCUT2D eigenvalue weighted by Gasteiger charge is 2.24. The fourth-order valence-electron chi connectivity index (χ4n) is 3.49. The van der Waals surface area contributed by atoms with E-state index in [0.29, 0.717) is 18.8 Å². The number of nitrogens with zero attached hydrogens (tertiary/aromatic N) is 2. The predicted octanol–water partition coefficient (Wildman–Crippen LogP) is 3.89. The summed E-state index contributed by atoms with van der Waals surface area (Å²) in [4.78, 5) is 25.4. The molecule has 32 heavy (non-hydrogen) atoms. The molecule has 0 unspecified atom stereocenters. The van der Waals surface area contributed by atoms with Crippen LogP contribution in [0.5, 0.6) is 0 Å². The molecule has 0 saturated carbocycles. The molecule has 0 spiro atoms. The summed E-state index contributed by atoms with van der Waals surface area (Å²) in [7, 11) is -1.80. The van der Waals surface area contributed by atoms with Crippen LogP contribution < -0.4 is 10.2 Å². The molecule has 2 aromatic rings. The molecular weight excluding hydrogens is 426 g/mol. The topological polar surface area (TPSA) is 86.8 Å². The second kappa shape index (κ2) is 10.6. The van der Waals surface area contributed by atoms with Crippen LogP contribution in [0.4, 0.5) is 11.4 Å². The van der Waals surface area contributed by atoms with E-state index in [1.807, 2.05) is 0 Å². The van der Waals surface area contributed by atoms with Crippen LogP contribution in [0.15, 0.2) is 59.5 Å². The van der Waals surface area contributed by atoms with E-state index in [2.05, 4.69) is 5.32 Å². The minimum Gasteiger partial charge on any atom is -0.323 e. The fourth-order valence-corrected chi connectivity index (χ4v) is 5.01. The number of hydrogen-bond donors (Lipinski definition) is 1. The maximum absolute atomic E-state index is 12.8. The maximum Gasteiger partial charge on any atom is 0.248 e. The average molecular weight is 456 g/mol. The Morgan fingerprint density at radius 2 is 1.53 bits per heavy atom. The van der Waals surface area contributed by atoms with Crippen molar-refractivity contribution in [1.29, 1.82) is 0 Å². The number of hydrogen-bond acceptors (Lipinski definition) is 4. The van der Waals surface area contributed by atoms with Crippen molar-refractivity contribution in [2.75, 3.05) is 30.4 Å². The molecule has 2 amide bonds. The first-order valence-electron chi connectivity index (χ1n) is 10.7. The predicted molar refractivity (Wildman–Crippen MR) is 127 cm³/mol. The molecule has 1 aliphatic heterocycles. The summed E-state index contributed by atoms with van der Waals surface area (Å²) in [5.41, 5.74) is 2.08. The van der Waals surface area contributed by atoms with Gasteiger partial charge in [0.1, 0.15) is 0 Å². The van der Waals surface area contributed by atoms with E-state index in [1.165, 1.54) is 17.9 Å². The van der Waals surface area contributed by atoms with Gasteiger partial charge < -0.3 is 10.2 Å². The van der Waals surface area contributed by atoms with E-state index < -0.39 is 10.0 Å². The summed E-state index contributed by atoms with van der Waals surface area (Å²) >= 11 is 0. The molecule has 0 radical (unpaired) electrons. The number of amides is 2. The SMILES string of the molecule is CC(=O)N(C)c1ccc(NC(=O)/C=C/c2ccc(S(=O)(=O)N3CCCCCC3)cc2)cc1. The van der Waals surface area contributed by atoms with Gasteiger partial charge in [0, 0.05) is 44.5 Å². The van der Waals surface area contributed by atoms with Crippen LogP contribution in [0.3, 0.4) is 0 Å². The number of carbonyl (C=O) groups excluding carboxylic acids is 2. The molecule has 170 valence electrons. The summed E-state index contributed by atoms with van der Waals surface area (Å²) < 4.78 is 27.3. The Morgan fingerprint density at radius 1 is 0.938 bits per heavy atom. The Hall–Kier alpha value is -2.97. The normalized spacial score (nSPS) is 15.3. The molecule has 0 bridgehead atoms. The molecule has 2 aromatic carbocycles. The molecule has 0 aromatic heterocycles. The molecule has 0 atom stereocenters. The van der Waals surface area contributed by atoms with Crippen molar-refractivity contribution in [2.24, 2.45) is 0 Å². The van der Waals surface area contributed by atoms with Gasteiger partial charge in [-0.1, -0.05) is 25.0 Å². The van der Waals surface area contributed by atoms with E-state index in [9.17, 15) is 18.0 Å². The van der Waals surface area contributed by atoms with Crippen molar-refractivity contribution in [3.8, 4) is 0 Å². The third kappa shape index (κ3) is 6.05. The summed E-state index contributed by atoms with van der Waals surface area (Å²) in [5.74, 6) is -0.381. The van der Waals surface area contributed by atoms with E-state index >= 15 is 0 Å². The lowest BCUT2D eigenvalue weighted by molar-refractivity contribution is -0.116. The number of benzene rings is 2. The first-order valence-corrected chi connectivity index (χ1v) is 12.1. The number of carbonyl (C=O) groups is 2. The van der Waals surface area contributed by atoms with E-state index in [0.717, 1.165) is 36.9 Å². The zero-order valence-corrected chi connectivity index (χ0v) is 19.3. The third-order valence-electron chi connectivity index (χ3n) is 5.50. The van der Waals surface area contributed by atoms with Crippen molar-refractivity contribution in [2.45, 2.75) is 37.5 Å². The van der Waals surface area contributed by atoms with Gasteiger partial charge in [0.2, 0.25) is 21.8 Å². The van der Waals surface area contributed by atoms with Gasteiger partial charge in [-0.05, 0) is 60.9 Å². The zero-order valence-electron chi connectivity index (χ0n) is 18.5. The van der Waals surface area contributed by atoms with Gasteiger partial charge in [-0.25, -0.2) is 8.42 Å². The van der Waals surface area contributed by atoms with Crippen LogP contribution in [-0.2, 0) is 19.6 Å². The Kier molecular flexibility index (Phi) is 7.82. The number of nitrogens with one attached hydrogen (secondary N) is 1. The van der Waals surface area contributed by atoms with Crippen LogP contribution in [0, 0.1) is 0 Å². The van der Waals surface area contributed by atoms with Crippen LogP contribution >= 0.6 is 0 Å².